The van der Waals surface area contributed by atoms with Crippen LogP contribution in [-0.4, -0.2) is 39.4 Å². The first-order chi connectivity index (χ1) is 15.9. The fourth-order valence-electron chi connectivity index (χ4n) is 2.80. The lowest BCUT2D eigenvalue weighted by Gasteiger charge is -2.11. The van der Waals surface area contributed by atoms with Gasteiger partial charge in [-0.3, -0.25) is 4.79 Å². The lowest BCUT2D eigenvalue weighted by molar-refractivity contribution is 0.0733. The van der Waals surface area contributed by atoms with E-state index in [1.807, 2.05) is 0 Å². The summed E-state index contributed by atoms with van der Waals surface area (Å²) in [5, 5.41) is 3.99. The van der Waals surface area contributed by atoms with Crippen LogP contribution in [0.3, 0.4) is 0 Å². The van der Waals surface area contributed by atoms with Gasteiger partial charge in [0.25, 0.3) is 5.91 Å². The third-order valence-corrected chi connectivity index (χ3v) is 5.01. The third-order valence-electron chi connectivity index (χ3n) is 4.52. The number of carbonyl (C=O) groups excluding carboxylic acids is 2. The summed E-state index contributed by atoms with van der Waals surface area (Å²) < 4.78 is 21.8. The number of hydrogen-bond acceptors (Lipinski definition) is 7. The third kappa shape index (κ3) is 6.11. The molecule has 0 atom stereocenters. The van der Waals surface area contributed by atoms with Gasteiger partial charge in [0.05, 0.1) is 33.1 Å². The molecule has 9 heteroatoms. The Balaban J connectivity index is 1.74. The van der Waals surface area contributed by atoms with Crippen molar-refractivity contribution in [2.45, 2.75) is 0 Å². The van der Waals surface area contributed by atoms with Gasteiger partial charge in [0.15, 0.2) is 11.5 Å². The normalized spacial score (nSPS) is 10.5. The molecule has 1 amide bonds. The van der Waals surface area contributed by atoms with Crippen LogP contribution in [0.15, 0.2) is 70.2 Å². The first-order valence-electron chi connectivity index (χ1n) is 9.66. The Morgan fingerprint density at radius 2 is 1.48 bits per heavy atom. The van der Waals surface area contributed by atoms with Crippen LogP contribution < -0.4 is 24.4 Å². The second-order valence-electron chi connectivity index (χ2n) is 6.57. The van der Waals surface area contributed by atoms with Gasteiger partial charge < -0.3 is 18.9 Å². The van der Waals surface area contributed by atoms with E-state index in [0.717, 1.165) is 4.47 Å². The maximum atomic E-state index is 12.7. The van der Waals surface area contributed by atoms with Crippen molar-refractivity contribution in [1.82, 2.24) is 5.43 Å². The van der Waals surface area contributed by atoms with E-state index >= 15 is 0 Å². The molecule has 0 unspecified atom stereocenters. The Hall–Kier alpha value is -3.85. The molecule has 0 aliphatic heterocycles. The smallest absolute Gasteiger partial charge is 0.343 e. The van der Waals surface area contributed by atoms with Crippen molar-refractivity contribution in [2.24, 2.45) is 5.10 Å². The molecule has 0 radical (unpaired) electrons. The molecule has 0 saturated carbocycles. The van der Waals surface area contributed by atoms with Gasteiger partial charge in [0.1, 0.15) is 11.5 Å². The molecule has 0 fully saturated rings. The molecule has 8 nitrogen and oxygen atoms in total. The highest BCUT2D eigenvalue weighted by Crippen LogP contribution is 2.29. The molecule has 3 aromatic rings. The van der Waals surface area contributed by atoms with E-state index in [4.69, 9.17) is 18.9 Å². The van der Waals surface area contributed by atoms with Crippen LogP contribution in [0.2, 0.25) is 0 Å². The van der Waals surface area contributed by atoms with Gasteiger partial charge in [-0.2, -0.15) is 5.10 Å². The molecule has 0 heterocycles. The Morgan fingerprint density at radius 1 is 0.818 bits per heavy atom. The van der Waals surface area contributed by atoms with Gasteiger partial charge >= 0.3 is 5.97 Å². The SMILES string of the molecule is COc1ccc(C(=O)NN=Cc2cc(Br)ccc2OC(=O)c2ccc(OC)c(OC)c2)cc1. The van der Waals surface area contributed by atoms with Crippen LogP contribution in [0.1, 0.15) is 26.3 Å². The van der Waals surface area contributed by atoms with Gasteiger partial charge in [-0.05, 0) is 60.7 Å². The number of halogens is 1. The van der Waals surface area contributed by atoms with Crippen molar-refractivity contribution >= 4 is 34.0 Å². The van der Waals surface area contributed by atoms with Crippen molar-refractivity contribution in [3.63, 3.8) is 0 Å². The van der Waals surface area contributed by atoms with E-state index in [-0.39, 0.29) is 11.3 Å². The molecule has 0 spiro atoms. The fraction of sp³-hybridized carbons (Fsp3) is 0.125. The van der Waals surface area contributed by atoms with E-state index in [2.05, 4.69) is 26.5 Å². The molecule has 3 rings (SSSR count). The molecule has 170 valence electrons. The summed E-state index contributed by atoms with van der Waals surface area (Å²) in [6, 6.07) is 16.4. The average Bonchev–Trinajstić information content (AvgIpc) is 2.84. The summed E-state index contributed by atoms with van der Waals surface area (Å²) in [7, 11) is 4.54. The highest BCUT2D eigenvalue weighted by atomic mass is 79.9. The first kappa shape index (κ1) is 23.8. The van der Waals surface area contributed by atoms with Crippen molar-refractivity contribution in [2.75, 3.05) is 21.3 Å². The predicted octanol–water partition coefficient (Wildman–Crippen LogP) is 4.46. The van der Waals surface area contributed by atoms with Crippen LogP contribution in [0, 0.1) is 0 Å². The number of carbonyl (C=O) groups is 2. The zero-order valence-corrected chi connectivity index (χ0v) is 19.7. The quantitative estimate of drug-likeness (QED) is 0.207. The minimum atomic E-state index is -0.588. The summed E-state index contributed by atoms with van der Waals surface area (Å²) in [5.41, 5.74) is 3.63. The Bertz CT molecular complexity index is 1180. The standard InChI is InChI=1S/C24H21BrN2O6/c1-30-19-8-4-15(5-9-19)23(28)27-26-14-17-12-18(25)7-11-20(17)33-24(29)16-6-10-21(31-2)22(13-16)32-3/h4-14H,1-3H3,(H,27,28). The molecule has 0 aliphatic carbocycles. The summed E-state index contributed by atoms with van der Waals surface area (Å²) >= 11 is 3.38. The largest absolute Gasteiger partial charge is 0.497 e. The maximum Gasteiger partial charge on any atom is 0.343 e. The molecule has 0 aromatic heterocycles. The van der Waals surface area contributed by atoms with Gasteiger partial charge in [-0.15, -0.1) is 0 Å². The number of nitrogens with one attached hydrogen (secondary N) is 1. The number of amides is 1. The number of hydrogen-bond donors (Lipinski definition) is 1. The van der Waals surface area contributed by atoms with Gasteiger partial charge in [-0.25, -0.2) is 10.2 Å². The summed E-state index contributed by atoms with van der Waals surface area (Å²) in [5.74, 6) is 0.831. The van der Waals surface area contributed by atoms with Crippen LogP contribution in [0.4, 0.5) is 0 Å². The summed E-state index contributed by atoms with van der Waals surface area (Å²) in [6.07, 6.45) is 1.39. The van der Waals surface area contributed by atoms with Crippen LogP contribution in [-0.2, 0) is 0 Å². The molecule has 0 bridgehead atoms. The lowest BCUT2D eigenvalue weighted by Crippen LogP contribution is -2.17. The number of hydrazone groups is 1. The number of benzene rings is 3. The van der Waals surface area contributed by atoms with Gasteiger partial charge in [-0.1, -0.05) is 15.9 Å². The summed E-state index contributed by atoms with van der Waals surface area (Å²) in [4.78, 5) is 25.0. The zero-order chi connectivity index (χ0) is 23.8. The van der Waals surface area contributed by atoms with Crippen molar-refractivity contribution < 1.29 is 28.5 Å². The second-order valence-corrected chi connectivity index (χ2v) is 7.48. The number of methoxy groups -OCH3 is 3. The van der Waals surface area contributed by atoms with E-state index < -0.39 is 11.9 Å². The number of esters is 1. The molecular formula is C24H21BrN2O6. The minimum absolute atomic E-state index is 0.264. The van der Waals surface area contributed by atoms with Crippen LogP contribution in [0.5, 0.6) is 23.0 Å². The van der Waals surface area contributed by atoms with Crippen LogP contribution >= 0.6 is 15.9 Å². The van der Waals surface area contributed by atoms with Gasteiger partial charge in [0.2, 0.25) is 0 Å². The van der Waals surface area contributed by atoms with E-state index in [1.54, 1.807) is 61.7 Å². The van der Waals surface area contributed by atoms with E-state index in [1.165, 1.54) is 26.5 Å². The van der Waals surface area contributed by atoms with E-state index in [9.17, 15) is 9.59 Å². The molecule has 0 saturated heterocycles. The maximum absolute atomic E-state index is 12.7. The topological polar surface area (TPSA) is 95.5 Å². The number of nitrogens with zero attached hydrogens (tertiary/aromatic N) is 1. The Labute approximate surface area is 199 Å². The number of rotatable bonds is 8. The van der Waals surface area contributed by atoms with Crippen molar-refractivity contribution in [3.05, 3.63) is 81.8 Å². The van der Waals surface area contributed by atoms with Gasteiger partial charge in [0, 0.05) is 15.6 Å². The van der Waals surface area contributed by atoms with Crippen molar-refractivity contribution in [1.29, 1.82) is 0 Å². The summed E-state index contributed by atoms with van der Waals surface area (Å²) in [6.45, 7) is 0. The molecule has 0 aliphatic rings. The Morgan fingerprint density at radius 3 is 2.15 bits per heavy atom. The van der Waals surface area contributed by atoms with Crippen LogP contribution in [0.25, 0.3) is 0 Å². The monoisotopic (exact) mass is 512 g/mol. The molecule has 1 N–H and O–H groups in total. The fourth-order valence-corrected chi connectivity index (χ4v) is 3.18. The average molecular weight is 513 g/mol. The Kier molecular flexibility index (Phi) is 8.04. The minimum Gasteiger partial charge on any atom is -0.497 e. The highest BCUT2D eigenvalue weighted by molar-refractivity contribution is 9.10. The molecule has 33 heavy (non-hydrogen) atoms. The second kappa shape index (κ2) is 11.1. The highest BCUT2D eigenvalue weighted by Gasteiger charge is 2.15. The van der Waals surface area contributed by atoms with Crippen molar-refractivity contribution in [3.8, 4) is 23.0 Å². The lowest BCUT2D eigenvalue weighted by atomic mass is 10.2. The first-order valence-corrected chi connectivity index (χ1v) is 10.5. The predicted molar refractivity (Wildman–Crippen MR) is 127 cm³/mol. The molecular weight excluding hydrogens is 492 g/mol. The van der Waals surface area contributed by atoms with E-state index in [0.29, 0.717) is 28.4 Å². The zero-order valence-electron chi connectivity index (χ0n) is 18.1. The molecule has 3 aromatic carbocycles. The number of ether oxygens (including phenoxy) is 4.